The molecule has 0 saturated heterocycles. The van der Waals surface area contributed by atoms with Gasteiger partial charge in [0.15, 0.2) is 0 Å². The number of fused-ring (bicyclic) bond motifs is 1. The maximum atomic E-state index is 12.0. The molecular formula is C16H20ClN3O. The summed E-state index contributed by atoms with van der Waals surface area (Å²) < 4.78 is 0. The van der Waals surface area contributed by atoms with Gasteiger partial charge in [-0.25, -0.2) is 0 Å². The van der Waals surface area contributed by atoms with Crippen LogP contribution in [0.2, 0.25) is 5.02 Å². The molecule has 0 fully saturated rings. The monoisotopic (exact) mass is 305 g/mol. The summed E-state index contributed by atoms with van der Waals surface area (Å²) in [6, 6.07) is 7.11. The number of carbonyl (C=O) groups excluding carboxylic acids is 1. The lowest BCUT2D eigenvalue weighted by Crippen LogP contribution is -2.38. The zero-order chi connectivity index (χ0) is 15.2. The quantitative estimate of drug-likeness (QED) is 0.802. The fourth-order valence-electron chi connectivity index (χ4n) is 2.09. The van der Waals surface area contributed by atoms with Gasteiger partial charge in [-0.3, -0.25) is 9.78 Å². The summed E-state index contributed by atoms with van der Waals surface area (Å²) in [6.45, 7) is 4.67. The van der Waals surface area contributed by atoms with Crippen LogP contribution in [0, 0.1) is 0 Å². The number of rotatable bonds is 6. The number of pyridine rings is 1. The van der Waals surface area contributed by atoms with E-state index >= 15 is 0 Å². The number of nitrogens with zero attached hydrogens (tertiary/aromatic N) is 1. The lowest BCUT2D eigenvalue weighted by Gasteiger charge is -2.16. The van der Waals surface area contributed by atoms with Gasteiger partial charge in [-0.2, -0.15) is 0 Å². The zero-order valence-electron chi connectivity index (χ0n) is 12.3. The molecule has 2 rings (SSSR count). The molecule has 1 atom stereocenters. The van der Waals surface area contributed by atoms with E-state index in [1.165, 1.54) is 0 Å². The largest absolute Gasteiger partial charge is 0.373 e. The SMILES string of the molecule is CCCCNC(=O)C(C)Nc1ccnc2cc(Cl)ccc12. The van der Waals surface area contributed by atoms with Gasteiger partial charge in [0.1, 0.15) is 6.04 Å². The number of hydrogen-bond acceptors (Lipinski definition) is 3. The Kier molecular flexibility index (Phi) is 5.39. The van der Waals surface area contributed by atoms with Crippen molar-refractivity contribution >= 4 is 34.1 Å². The summed E-state index contributed by atoms with van der Waals surface area (Å²) in [6.07, 6.45) is 3.77. The Labute approximate surface area is 129 Å². The zero-order valence-corrected chi connectivity index (χ0v) is 13.1. The Balaban J connectivity index is 2.10. The van der Waals surface area contributed by atoms with Gasteiger partial charge in [-0.15, -0.1) is 0 Å². The highest BCUT2D eigenvalue weighted by atomic mass is 35.5. The average molecular weight is 306 g/mol. The predicted molar refractivity (Wildman–Crippen MR) is 87.8 cm³/mol. The van der Waals surface area contributed by atoms with E-state index in [4.69, 9.17) is 11.6 Å². The van der Waals surface area contributed by atoms with Gasteiger partial charge in [-0.05, 0) is 37.6 Å². The van der Waals surface area contributed by atoms with Crippen LogP contribution in [0.15, 0.2) is 30.5 Å². The summed E-state index contributed by atoms with van der Waals surface area (Å²) in [5, 5.41) is 7.76. The molecule has 5 heteroatoms. The molecule has 112 valence electrons. The minimum absolute atomic E-state index is 0.00220. The van der Waals surface area contributed by atoms with Crippen molar-refractivity contribution in [3.8, 4) is 0 Å². The van der Waals surface area contributed by atoms with E-state index in [0.29, 0.717) is 11.6 Å². The number of nitrogens with one attached hydrogen (secondary N) is 2. The van der Waals surface area contributed by atoms with Crippen LogP contribution in [0.4, 0.5) is 5.69 Å². The number of halogens is 1. The Bertz CT molecular complexity index is 630. The normalized spacial score (nSPS) is 12.1. The van der Waals surface area contributed by atoms with Gasteiger partial charge in [0, 0.05) is 28.8 Å². The molecule has 0 bridgehead atoms. The molecule has 1 amide bonds. The fourth-order valence-corrected chi connectivity index (χ4v) is 2.25. The fraction of sp³-hybridized carbons (Fsp3) is 0.375. The standard InChI is InChI=1S/C16H20ClN3O/c1-3-4-8-19-16(21)11(2)20-14-7-9-18-15-10-12(17)5-6-13(14)15/h5-7,9-11H,3-4,8H2,1-2H3,(H,18,20)(H,19,21). The summed E-state index contributed by atoms with van der Waals surface area (Å²) in [4.78, 5) is 16.3. The first-order chi connectivity index (χ1) is 10.1. The lowest BCUT2D eigenvalue weighted by molar-refractivity contribution is -0.121. The minimum Gasteiger partial charge on any atom is -0.373 e. The number of aromatic nitrogens is 1. The molecule has 0 aliphatic rings. The van der Waals surface area contributed by atoms with Gasteiger partial charge in [0.05, 0.1) is 5.52 Å². The number of unbranched alkanes of at least 4 members (excludes halogenated alkanes) is 1. The predicted octanol–water partition coefficient (Wildman–Crippen LogP) is 3.60. The summed E-state index contributed by atoms with van der Waals surface area (Å²) in [5.74, 6) is 0.00220. The third-order valence-corrected chi connectivity index (χ3v) is 3.53. The van der Waals surface area contributed by atoms with E-state index < -0.39 is 0 Å². The molecule has 21 heavy (non-hydrogen) atoms. The molecule has 1 heterocycles. The van der Waals surface area contributed by atoms with E-state index in [1.54, 1.807) is 6.20 Å². The molecule has 0 radical (unpaired) electrons. The van der Waals surface area contributed by atoms with E-state index in [9.17, 15) is 4.79 Å². The minimum atomic E-state index is -0.303. The van der Waals surface area contributed by atoms with Crippen LogP contribution < -0.4 is 10.6 Å². The van der Waals surface area contributed by atoms with Crippen molar-refractivity contribution in [3.63, 3.8) is 0 Å². The Morgan fingerprint density at radius 2 is 2.19 bits per heavy atom. The average Bonchev–Trinajstić information content (AvgIpc) is 2.47. The van der Waals surface area contributed by atoms with Crippen LogP contribution in [0.25, 0.3) is 10.9 Å². The van der Waals surface area contributed by atoms with E-state index in [-0.39, 0.29) is 11.9 Å². The number of amides is 1. The molecule has 4 nitrogen and oxygen atoms in total. The van der Waals surface area contributed by atoms with Gasteiger partial charge >= 0.3 is 0 Å². The Morgan fingerprint density at radius 3 is 2.95 bits per heavy atom. The molecule has 0 aliphatic heterocycles. The van der Waals surface area contributed by atoms with Crippen LogP contribution in [0.3, 0.4) is 0 Å². The van der Waals surface area contributed by atoms with Gasteiger partial charge in [0.25, 0.3) is 0 Å². The highest BCUT2D eigenvalue weighted by Crippen LogP contribution is 2.24. The lowest BCUT2D eigenvalue weighted by atomic mass is 10.1. The van der Waals surface area contributed by atoms with E-state index in [1.807, 2.05) is 31.2 Å². The van der Waals surface area contributed by atoms with Gasteiger partial charge in [0.2, 0.25) is 5.91 Å². The first-order valence-electron chi connectivity index (χ1n) is 7.20. The van der Waals surface area contributed by atoms with Crippen LogP contribution >= 0.6 is 11.6 Å². The first-order valence-corrected chi connectivity index (χ1v) is 7.58. The molecule has 1 aromatic carbocycles. The second-order valence-corrected chi connectivity index (χ2v) is 5.47. The van der Waals surface area contributed by atoms with Crippen LogP contribution in [-0.4, -0.2) is 23.5 Å². The van der Waals surface area contributed by atoms with E-state index in [0.717, 1.165) is 29.4 Å². The molecule has 2 aromatic rings. The number of anilines is 1. The van der Waals surface area contributed by atoms with Crippen molar-refractivity contribution in [2.45, 2.75) is 32.7 Å². The molecule has 2 N–H and O–H groups in total. The van der Waals surface area contributed by atoms with Crippen molar-refractivity contribution in [1.29, 1.82) is 0 Å². The van der Waals surface area contributed by atoms with Crippen molar-refractivity contribution < 1.29 is 4.79 Å². The highest BCUT2D eigenvalue weighted by Gasteiger charge is 2.13. The molecule has 1 aromatic heterocycles. The number of hydrogen-bond donors (Lipinski definition) is 2. The molecule has 1 unspecified atom stereocenters. The third kappa shape index (κ3) is 4.08. The summed E-state index contributed by atoms with van der Waals surface area (Å²) in [5.41, 5.74) is 1.70. The molecule has 0 spiro atoms. The number of benzene rings is 1. The summed E-state index contributed by atoms with van der Waals surface area (Å²) in [7, 11) is 0. The summed E-state index contributed by atoms with van der Waals surface area (Å²) >= 11 is 5.97. The van der Waals surface area contributed by atoms with Crippen LogP contribution in [0.1, 0.15) is 26.7 Å². The molecular weight excluding hydrogens is 286 g/mol. The van der Waals surface area contributed by atoms with Crippen LogP contribution in [-0.2, 0) is 4.79 Å². The second kappa shape index (κ2) is 7.27. The first kappa shape index (κ1) is 15.6. The van der Waals surface area contributed by atoms with E-state index in [2.05, 4.69) is 22.5 Å². The molecule has 0 saturated carbocycles. The van der Waals surface area contributed by atoms with Crippen LogP contribution in [0.5, 0.6) is 0 Å². The maximum Gasteiger partial charge on any atom is 0.242 e. The Morgan fingerprint density at radius 1 is 1.38 bits per heavy atom. The van der Waals surface area contributed by atoms with Gasteiger partial charge in [-0.1, -0.05) is 24.9 Å². The highest BCUT2D eigenvalue weighted by molar-refractivity contribution is 6.31. The second-order valence-electron chi connectivity index (χ2n) is 5.03. The number of carbonyl (C=O) groups is 1. The van der Waals surface area contributed by atoms with Crippen molar-refractivity contribution in [3.05, 3.63) is 35.5 Å². The third-order valence-electron chi connectivity index (χ3n) is 3.30. The maximum absolute atomic E-state index is 12.0. The van der Waals surface area contributed by atoms with Crippen molar-refractivity contribution in [2.24, 2.45) is 0 Å². The Hall–Kier alpha value is -1.81. The molecule has 0 aliphatic carbocycles. The topological polar surface area (TPSA) is 54.0 Å². The van der Waals surface area contributed by atoms with Crippen molar-refractivity contribution in [2.75, 3.05) is 11.9 Å². The smallest absolute Gasteiger partial charge is 0.242 e. The van der Waals surface area contributed by atoms with Gasteiger partial charge < -0.3 is 10.6 Å². The van der Waals surface area contributed by atoms with Crippen molar-refractivity contribution in [1.82, 2.24) is 10.3 Å².